The van der Waals surface area contributed by atoms with Gasteiger partial charge in [0.15, 0.2) is 0 Å². The zero-order valence-corrected chi connectivity index (χ0v) is 13.7. The molecule has 0 aliphatic rings. The van der Waals surface area contributed by atoms with Gasteiger partial charge in [0.1, 0.15) is 11.5 Å². The normalized spacial score (nSPS) is 10.1. The number of hydrogen-bond acceptors (Lipinski definition) is 4. The summed E-state index contributed by atoms with van der Waals surface area (Å²) >= 11 is 1.67. The third-order valence-corrected chi connectivity index (χ3v) is 3.96. The Bertz CT molecular complexity index is 641. The van der Waals surface area contributed by atoms with Gasteiger partial charge in [0.05, 0.1) is 20.6 Å². The minimum Gasteiger partial charge on any atom is -0.497 e. The molecule has 4 nitrogen and oxygen atoms in total. The number of hydrogen-bond donors (Lipinski definition) is 1. The fourth-order valence-electron chi connectivity index (χ4n) is 2.05. The number of carbonyl (C=O) groups is 1. The Kier molecular flexibility index (Phi) is 5.72. The van der Waals surface area contributed by atoms with Gasteiger partial charge in [0, 0.05) is 22.2 Å². The molecule has 116 valence electrons. The summed E-state index contributed by atoms with van der Waals surface area (Å²) in [7, 11) is 3.18. The largest absolute Gasteiger partial charge is 0.497 e. The van der Waals surface area contributed by atoms with Crippen LogP contribution in [0.2, 0.25) is 0 Å². The second-order valence-corrected chi connectivity index (χ2v) is 5.51. The second-order valence-electron chi connectivity index (χ2n) is 4.63. The van der Waals surface area contributed by atoms with Crippen molar-refractivity contribution in [2.75, 3.05) is 25.8 Å². The molecule has 2 aromatic rings. The Labute approximate surface area is 134 Å². The zero-order chi connectivity index (χ0) is 15.9. The summed E-state index contributed by atoms with van der Waals surface area (Å²) in [5.41, 5.74) is 1.61. The van der Waals surface area contributed by atoms with Crippen LogP contribution in [0.3, 0.4) is 0 Å². The predicted molar refractivity (Wildman–Crippen MR) is 90.1 cm³/mol. The lowest BCUT2D eigenvalue weighted by atomic mass is 10.1. The third kappa shape index (κ3) is 4.18. The summed E-state index contributed by atoms with van der Waals surface area (Å²) < 4.78 is 10.5. The highest BCUT2D eigenvalue weighted by molar-refractivity contribution is 7.98. The molecule has 2 rings (SSSR count). The molecular formula is C17H19NO3S. The minimum atomic E-state index is -0.0830. The lowest BCUT2D eigenvalue weighted by Gasteiger charge is -2.11. The van der Waals surface area contributed by atoms with Crippen LogP contribution in [-0.2, 0) is 11.2 Å². The molecule has 0 atom stereocenters. The van der Waals surface area contributed by atoms with Crippen LogP contribution in [0.25, 0.3) is 0 Å². The molecule has 0 heterocycles. The highest BCUT2D eigenvalue weighted by atomic mass is 32.2. The number of carbonyl (C=O) groups excluding carboxylic acids is 1. The van der Waals surface area contributed by atoms with Crippen molar-refractivity contribution in [3.8, 4) is 11.5 Å². The SMILES string of the molecule is COc1ccc(CC(=O)Nc2ccc(SC)cc2)c(OC)c1. The van der Waals surface area contributed by atoms with Gasteiger partial charge in [-0.2, -0.15) is 0 Å². The Morgan fingerprint density at radius 1 is 1.09 bits per heavy atom. The lowest BCUT2D eigenvalue weighted by Crippen LogP contribution is -2.14. The molecule has 0 saturated heterocycles. The Balaban J connectivity index is 2.04. The summed E-state index contributed by atoms with van der Waals surface area (Å²) in [5.74, 6) is 1.27. The van der Waals surface area contributed by atoms with E-state index in [-0.39, 0.29) is 12.3 Å². The molecule has 0 bridgehead atoms. The topological polar surface area (TPSA) is 47.6 Å². The maximum atomic E-state index is 12.2. The van der Waals surface area contributed by atoms with Gasteiger partial charge in [-0.05, 0) is 36.6 Å². The Morgan fingerprint density at radius 3 is 2.41 bits per heavy atom. The van der Waals surface area contributed by atoms with E-state index in [0.717, 1.165) is 16.1 Å². The van der Waals surface area contributed by atoms with Crippen molar-refractivity contribution in [1.29, 1.82) is 0 Å². The van der Waals surface area contributed by atoms with E-state index in [1.54, 1.807) is 32.0 Å². The minimum absolute atomic E-state index is 0.0830. The van der Waals surface area contributed by atoms with Crippen LogP contribution in [0, 0.1) is 0 Å². The van der Waals surface area contributed by atoms with Crippen LogP contribution in [0.4, 0.5) is 5.69 Å². The van der Waals surface area contributed by atoms with Crippen LogP contribution in [0.5, 0.6) is 11.5 Å². The molecule has 0 unspecified atom stereocenters. The quantitative estimate of drug-likeness (QED) is 0.827. The maximum Gasteiger partial charge on any atom is 0.228 e. The van der Waals surface area contributed by atoms with Gasteiger partial charge in [-0.25, -0.2) is 0 Å². The van der Waals surface area contributed by atoms with Gasteiger partial charge in [0.25, 0.3) is 0 Å². The first-order chi connectivity index (χ1) is 10.7. The summed E-state index contributed by atoms with van der Waals surface area (Å²) in [4.78, 5) is 13.3. The van der Waals surface area contributed by atoms with Crippen molar-refractivity contribution >= 4 is 23.4 Å². The molecule has 22 heavy (non-hydrogen) atoms. The van der Waals surface area contributed by atoms with Crippen molar-refractivity contribution in [3.63, 3.8) is 0 Å². The van der Waals surface area contributed by atoms with E-state index in [1.165, 1.54) is 0 Å². The molecule has 0 saturated carbocycles. The maximum absolute atomic E-state index is 12.2. The molecule has 0 spiro atoms. The average Bonchev–Trinajstić information content (AvgIpc) is 2.55. The first-order valence-corrected chi connectivity index (χ1v) is 8.03. The third-order valence-electron chi connectivity index (χ3n) is 3.22. The van der Waals surface area contributed by atoms with Crippen LogP contribution >= 0.6 is 11.8 Å². The van der Waals surface area contributed by atoms with Crippen molar-refractivity contribution in [2.24, 2.45) is 0 Å². The summed E-state index contributed by atoms with van der Waals surface area (Å²) in [5, 5.41) is 2.89. The highest BCUT2D eigenvalue weighted by Gasteiger charge is 2.10. The van der Waals surface area contributed by atoms with E-state index >= 15 is 0 Å². The average molecular weight is 317 g/mol. The van der Waals surface area contributed by atoms with E-state index < -0.39 is 0 Å². The van der Waals surface area contributed by atoms with Crippen molar-refractivity contribution in [3.05, 3.63) is 48.0 Å². The molecule has 5 heteroatoms. The summed E-state index contributed by atoms with van der Waals surface area (Å²) in [6.45, 7) is 0. The molecule has 2 aromatic carbocycles. The number of rotatable bonds is 6. The first-order valence-electron chi connectivity index (χ1n) is 6.81. The number of thioether (sulfide) groups is 1. The lowest BCUT2D eigenvalue weighted by molar-refractivity contribution is -0.115. The van der Waals surface area contributed by atoms with Crippen molar-refractivity contribution in [2.45, 2.75) is 11.3 Å². The molecule has 0 fully saturated rings. The highest BCUT2D eigenvalue weighted by Crippen LogP contribution is 2.25. The van der Waals surface area contributed by atoms with Gasteiger partial charge in [-0.15, -0.1) is 11.8 Å². The van der Waals surface area contributed by atoms with Crippen molar-refractivity contribution in [1.82, 2.24) is 0 Å². The van der Waals surface area contributed by atoms with E-state index in [4.69, 9.17) is 9.47 Å². The van der Waals surface area contributed by atoms with E-state index in [1.807, 2.05) is 42.7 Å². The first kappa shape index (κ1) is 16.2. The number of benzene rings is 2. The van der Waals surface area contributed by atoms with E-state index in [2.05, 4.69) is 5.32 Å². The van der Waals surface area contributed by atoms with Gasteiger partial charge in [-0.3, -0.25) is 4.79 Å². The monoisotopic (exact) mass is 317 g/mol. The van der Waals surface area contributed by atoms with E-state index in [0.29, 0.717) is 11.5 Å². The second kappa shape index (κ2) is 7.75. The van der Waals surface area contributed by atoms with Gasteiger partial charge in [-0.1, -0.05) is 6.07 Å². The Hall–Kier alpha value is -2.14. The Morgan fingerprint density at radius 2 is 1.82 bits per heavy atom. The van der Waals surface area contributed by atoms with Gasteiger partial charge in [0.2, 0.25) is 5.91 Å². The molecule has 1 amide bonds. The van der Waals surface area contributed by atoms with E-state index in [9.17, 15) is 4.79 Å². The fraction of sp³-hybridized carbons (Fsp3) is 0.235. The smallest absolute Gasteiger partial charge is 0.228 e. The van der Waals surface area contributed by atoms with Crippen LogP contribution < -0.4 is 14.8 Å². The zero-order valence-electron chi connectivity index (χ0n) is 12.9. The van der Waals surface area contributed by atoms with Crippen LogP contribution in [-0.4, -0.2) is 26.4 Å². The molecular weight excluding hydrogens is 298 g/mol. The van der Waals surface area contributed by atoms with Gasteiger partial charge >= 0.3 is 0 Å². The number of anilines is 1. The number of nitrogens with one attached hydrogen (secondary N) is 1. The summed E-state index contributed by atoms with van der Waals surface area (Å²) in [6, 6.07) is 13.2. The molecule has 0 radical (unpaired) electrons. The number of ether oxygens (including phenoxy) is 2. The number of methoxy groups -OCH3 is 2. The van der Waals surface area contributed by atoms with Crippen LogP contribution in [0.15, 0.2) is 47.4 Å². The van der Waals surface area contributed by atoms with Crippen LogP contribution in [0.1, 0.15) is 5.56 Å². The fourth-order valence-corrected chi connectivity index (χ4v) is 2.46. The molecule has 0 aliphatic heterocycles. The standard InChI is InChI=1S/C17H19NO3S/c1-20-14-7-4-12(16(11-14)21-2)10-17(19)18-13-5-8-15(22-3)9-6-13/h4-9,11H,10H2,1-3H3,(H,18,19). The predicted octanol–water partition coefficient (Wildman–Crippen LogP) is 3.61. The molecule has 0 aliphatic carbocycles. The molecule has 1 N–H and O–H groups in total. The molecule has 0 aromatic heterocycles. The summed E-state index contributed by atoms with van der Waals surface area (Å²) in [6.07, 6.45) is 2.26. The number of amides is 1. The van der Waals surface area contributed by atoms with Crippen molar-refractivity contribution < 1.29 is 14.3 Å². The van der Waals surface area contributed by atoms with Gasteiger partial charge < -0.3 is 14.8 Å².